The molecule has 0 spiro atoms. The Bertz CT molecular complexity index is 642. The first kappa shape index (κ1) is 15.7. The molecule has 1 saturated carbocycles. The molecule has 3 rings (SSSR count). The van der Waals surface area contributed by atoms with Crippen LogP contribution in [-0.4, -0.2) is 21.9 Å². The fraction of sp³-hybridized carbons (Fsp3) is 0.647. The van der Waals surface area contributed by atoms with Gasteiger partial charge in [0.2, 0.25) is 5.89 Å². The van der Waals surface area contributed by atoms with Gasteiger partial charge in [-0.05, 0) is 33.7 Å². The van der Waals surface area contributed by atoms with E-state index >= 15 is 0 Å². The highest BCUT2D eigenvalue weighted by atomic mass is 32.1. The summed E-state index contributed by atoms with van der Waals surface area (Å²) in [4.78, 5) is 12.8. The lowest BCUT2D eigenvalue weighted by molar-refractivity contribution is 0.227. The summed E-state index contributed by atoms with van der Waals surface area (Å²) in [6, 6.07) is 0.321. The summed E-state index contributed by atoms with van der Waals surface area (Å²) in [6.45, 7) is 9.47. The molecule has 5 heteroatoms. The van der Waals surface area contributed by atoms with Crippen molar-refractivity contribution in [1.82, 2.24) is 14.9 Å². The van der Waals surface area contributed by atoms with Crippen molar-refractivity contribution in [3.05, 3.63) is 33.4 Å². The van der Waals surface area contributed by atoms with Crippen molar-refractivity contribution < 1.29 is 4.42 Å². The molecule has 2 heterocycles. The van der Waals surface area contributed by atoms with Crippen LogP contribution in [0.25, 0.3) is 0 Å². The molecule has 1 fully saturated rings. The summed E-state index contributed by atoms with van der Waals surface area (Å²) in [7, 11) is 2.12. The van der Waals surface area contributed by atoms with Crippen LogP contribution >= 0.6 is 11.3 Å². The lowest BCUT2D eigenvalue weighted by Gasteiger charge is -2.22. The molecule has 0 saturated heterocycles. The van der Waals surface area contributed by atoms with Gasteiger partial charge in [-0.25, -0.2) is 9.97 Å². The molecule has 1 atom stereocenters. The van der Waals surface area contributed by atoms with Crippen LogP contribution in [0.2, 0.25) is 0 Å². The Morgan fingerprint density at radius 1 is 1.36 bits per heavy atom. The number of thiazole rings is 1. The second kappa shape index (κ2) is 6.13. The molecule has 1 aliphatic rings. The second-order valence-corrected chi connectivity index (χ2v) is 7.74. The minimum absolute atomic E-state index is 0.321. The van der Waals surface area contributed by atoms with Crippen molar-refractivity contribution in [2.75, 3.05) is 7.05 Å². The fourth-order valence-electron chi connectivity index (χ4n) is 2.57. The van der Waals surface area contributed by atoms with Crippen LogP contribution in [-0.2, 0) is 6.54 Å². The standard InChI is InChI=1S/C17H25N3OS/c1-10(2)17-19-11(3)16(22-17)12(4)20(5)9-15-18-8-14(21-15)13-6-7-13/h8,10,12-13H,6-7,9H2,1-5H3/t12-/m1/s1. The van der Waals surface area contributed by atoms with Gasteiger partial charge in [-0.1, -0.05) is 13.8 Å². The quantitative estimate of drug-likeness (QED) is 0.778. The fourth-order valence-corrected chi connectivity index (χ4v) is 3.76. The van der Waals surface area contributed by atoms with Crippen LogP contribution in [0.4, 0.5) is 0 Å². The first-order valence-corrected chi connectivity index (χ1v) is 8.89. The molecule has 0 aromatic carbocycles. The van der Waals surface area contributed by atoms with Gasteiger partial charge < -0.3 is 4.42 Å². The van der Waals surface area contributed by atoms with Crippen molar-refractivity contribution in [3.8, 4) is 0 Å². The highest BCUT2D eigenvalue weighted by molar-refractivity contribution is 7.11. The molecule has 120 valence electrons. The third kappa shape index (κ3) is 3.25. The molecule has 0 radical (unpaired) electrons. The predicted octanol–water partition coefficient (Wildman–Crippen LogP) is 4.63. The van der Waals surface area contributed by atoms with E-state index in [4.69, 9.17) is 9.40 Å². The zero-order valence-electron chi connectivity index (χ0n) is 14.1. The van der Waals surface area contributed by atoms with Crippen LogP contribution in [0.3, 0.4) is 0 Å². The monoisotopic (exact) mass is 319 g/mol. The van der Waals surface area contributed by atoms with Gasteiger partial charge in [-0.15, -0.1) is 11.3 Å². The molecule has 4 nitrogen and oxygen atoms in total. The van der Waals surface area contributed by atoms with Crippen molar-refractivity contribution in [2.45, 2.75) is 65.0 Å². The third-order valence-electron chi connectivity index (χ3n) is 4.32. The molecule has 2 aromatic rings. The number of rotatable bonds is 6. The van der Waals surface area contributed by atoms with Gasteiger partial charge in [0.1, 0.15) is 5.76 Å². The van der Waals surface area contributed by atoms with Gasteiger partial charge in [0.15, 0.2) is 0 Å². The zero-order valence-corrected chi connectivity index (χ0v) is 14.9. The summed E-state index contributed by atoms with van der Waals surface area (Å²) in [5, 5.41) is 1.22. The van der Waals surface area contributed by atoms with Gasteiger partial charge in [0.25, 0.3) is 0 Å². The average molecular weight is 319 g/mol. The van der Waals surface area contributed by atoms with E-state index in [-0.39, 0.29) is 0 Å². The normalized spacial score (nSPS) is 16.7. The molecule has 0 aliphatic heterocycles. The molecule has 2 aromatic heterocycles. The maximum atomic E-state index is 5.87. The summed E-state index contributed by atoms with van der Waals surface area (Å²) < 4.78 is 5.87. The topological polar surface area (TPSA) is 42.2 Å². The van der Waals surface area contributed by atoms with Crippen molar-refractivity contribution >= 4 is 11.3 Å². The number of hydrogen-bond acceptors (Lipinski definition) is 5. The third-order valence-corrected chi connectivity index (χ3v) is 5.95. The molecule has 22 heavy (non-hydrogen) atoms. The molecular formula is C17H25N3OS. The van der Waals surface area contributed by atoms with Crippen molar-refractivity contribution in [2.24, 2.45) is 0 Å². The molecular weight excluding hydrogens is 294 g/mol. The maximum absolute atomic E-state index is 5.87. The average Bonchev–Trinajstić information content (AvgIpc) is 3.09. The van der Waals surface area contributed by atoms with E-state index in [0.717, 1.165) is 23.9 Å². The van der Waals surface area contributed by atoms with Crippen LogP contribution in [0, 0.1) is 6.92 Å². The second-order valence-electron chi connectivity index (χ2n) is 6.68. The molecule has 1 aliphatic carbocycles. The number of oxazole rings is 1. The summed E-state index contributed by atoms with van der Waals surface area (Å²) in [5.41, 5.74) is 1.15. The Balaban J connectivity index is 1.68. The SMILES string of the molecule is Cc1nc(C(C)C)sc1[C@@H](C)N(C)Cc1ncc(C2CC2)o1. The lowest BCUT2D eigenvalue weighted by atomic mass is 10.2. The Hall–Kier alpha value is -1.20. The summed E-state index contributed by atoms with van der Waals surface area (Å²) >= 11 is 1.83. The molecule has 0 unspecified atom stereocenters. The number of aromatic nitrogens is 2. The Kier molecular flexibility index (Phi) is 4.37. The van der Waals surface area contributed by atoms with E-state index in [1.54, 1.807) is 0 Å². The van der Waals surface area contributed by atoms with Crippen LogP contribution in [0.5, 0.6) is 0 Å². The first-order valence-electron chi connectivity index (χ1n) is 8.07. The Morgan fingerprint density at radius 3 is 2.68 bits per heavy atom. The Labute approximate surface area is 136 Å². The van der Waals surface area contributed by atoms with Gasteiger partial charge in [-0.2, -0.15) is 0 Å². The summed E-state index contributed by atoms with van der Waals surface area (Å²) in [6.07, 6.45) is 4.40. The summed E-state index contributed by atoms with van der Waals surface area (Å²) in [5.74, 6) is 3.00. The van der Waals surface area contributed by atoms with Crippen molar-refractivity contribution in [1.29, 1.82) is 0 Å². The molecule has 0 N–H and O–H groups in total. The number of nitrogens with zero attached hydrogens (tertiary/aromatic N) is 3. The van der Waals surface area contributed by atoms with E-state index in [1.165, 1.54) is 22.7 Å². The van der Waals surface area contributed by atoms with E-state index < -0.39 is 0 Å². The molecule has 0 bridgehead atoms. The van der Waals surface area contributed by atoms with E-state index in [1.807, 2.05) is 17.5 Å². The van der Waals surface area contributed by atoms with Gasteiger partial charge in [0, 0.05) is 22.8 Å². The highest BCUT2D eigenvalue weighted by Gasteiger charge is 2.28. The smallest absolute Gasteiger partial charge is 0.208 e. The van der Waals surface area contributed by atoms with Gasteiger partial charge in [-0.3, -0.25) is 4.90 Å². The lowest BCUT2D eigenvalue weighted by Crippen LogP contribution is -2.22. The minimum atomic E-state index is 0.321. The van der Waals surface area contributed by atoms with Crippen molar-refractivity contribution in [3.63, 3.8) is 0 Å². The van der Waals surface area contributed by atoms with E-state index in [0.29, 0.717) is 17.9 Å². The highest BCUT2D eigenvalue weighted by Crippen LogP contribution is 2.40. The van der Waals surface area contributed by atoms with E-state index in [9.17, 15) is 0 Å². The van der Waals surface area contributed by atoms with Gasteiger partial charge in [0.05, 0.1) is 23.4 Å². The minimum Gasteiger partial charge on any atom is -0.444 e. The zero-order chi connectivity index (χ0) is 15.9. The molecule has 0 amide bonds. The van der Waals surface area contributed by atoms with Gasteiger partial charge >= 0.3 is 0 Å². The van der Waals surface area contributed by atoms with Crippen LogP contribution in [0.1, 0.15) is 78.7 Å². The van der Waals surface area contributed by atoms with Crippen LogP contribution < -0.4 is 0 Å². The first-order chi connectivity index (χ1) is 10.5. The Morgan fingerprint density at radius 2 is 2.09 bits per heavy atom. The predicted molar refractivity (Wildman–Crippen MR) is 89.3 cm³/mol. The number of aryl methyl sites for hydroxylation is 1. The van der Waals surface area contributed by atoms with E-state index in [2.05, 4.69) is 44.6 Å². The number of hydrogen-bond donors (Lipinski definition) is 0. The van der Waals surface area contributed by atoms with Crippen LogP contribution in [0.15, 0.2) is 10.6 Å². The maximum Gasteiger partial charge on any atom is 0.208 e. The largest absolute Gasteiger partial charge is 0.444 e.